The van der Waals surface area contributed by atoms with Crippen LogP contribution in [0.1, 0.15) is 60.8 Å². The molecule has 0 spiro atoms. The first-order chi connectivity index (χ1) is 14.0. The van der Waals surface area contributed by atoms with Crippen LogP contribution in [0.5, 0.6) is 0 Å². The van der Waals surface area contributed by atoms with Crippen molar-refractivity contribution < 1.29 is 24.3 Å². The van der Waals surface area contributed by atoms with Crippen molar-refractivity contribution in [1.82, 2.24) is 21.3 Å². The van der Waals surface area contributed by atoms with Crippen molar-refractivity contribution in [3.63, 3.8) is 0 Å². The van der Waals surface area contributed by atoms with Gasteiger partial charge in [-0.1, -0.05) is 48.0 Å². The zero-order chi connectivity index (χ0) is 23.0. The monoisotopic (exact) mass is 426 g/mol. The molecule has 0 aromatic carbocycles. The van der Waals surface area contributed by atoms with Crippen LogP contribution >= 0.6 is 0 Å². The fraction of sp³-hybridized carbons (Fsp3) is 0.810. The highest BCUT2D eigenvalue weighted by molar-refractivity contribution is 5.94. The molecule has 9 heteroatoms. The molecule has 1 heterocycles. The minimum atomic E-state index is -1.12. The summed E-state index contributed by atoms with van der Waals surface area (Å²) in [6.45, 7) is 11.5. The van der Waals surface area contributed by atoms with Gasteiger partial charge in [-0.15, -0.1) is 0 Å². The smallest absolute Gasteiger partial charge is 0.326 e. The molecule has 5 unspecified atom stereocenters. The van der Waals surface area contributed by atoms with E-state index in [2.05, 4.69) is 21.3 Å². The molecule has 9 nitrogen and oxygen atoms in total. The molecule has 0 saturated carbocycles. The quantitative estimate of drug-likeness (QED) is 0.329. The van der Waals surface area contributed by atoms with Crippen LogP contribution < -0.4 is 21.3 Å². The summed E-state index contributed by atoms with van der Waals surface area (Å²) >= 11 is 0. The maximum absolute atomic E-state index is 13.0. The lowest BCUT2D eigenvalue weighted by molar-refractivity contribution is -0.144. The predicted octanol–water partition coefficient (Wildman–Crippen LogP) is 0.636. The second-order valence-corrected chi connectivity index (χ2v) is 8.82. The average molecular weight is 427 g/mol. The molecule has 1 fully saturated rings. The second-order valence-electron chi connectivity index (χ2n) is 8.82. The van der Waals surface area contributed by atoms with E-state index in [4.69, 9.17) is 0 Å². The highest BCUT2D eigenvalue weighted by atomic mass is 16.4. The van der Waals surface area contributed by atoms with Crippen molar-refractivity contribution in [2.75, 3.05) is 6.54 Å². The van der Waals surface area contributed by atoms with Crippen molar-refractivity contribution in [3.05, 3.63) is 0 Å². The van der Waals surface area contributed by atoms with Gasteiger partial charge in [-0.05, 0) is 37.1 Å². The van der Waals surface area contributed by atoms with Gasteiger partial charge >= 0.3 is 5.97 Å². The molecule has 1 rings (SSSR count). The molecule has 0 radical (unpaired) electrons. The molecule has 5 atom stereocenters. The summed E-state index contributed by atoms with van der Waals surface area (Å²) in [4.78, 5) is 49.7. The molecule has 0 aromatic heterocycles. The molecule has 0 aliphatic carbocycles. The number of hydrogen-bond acceptors (Lipinski definition) is 5. The third kappa shape index (κ3) is 7.27. The third-order valence-corrected chi connectivity index (χ3v) is 5.65. The summed E-state index contributed by atoms with van der Waals surface area (Å²) in [7, 11) is 0. The minimum Gasteiger partial charge on any atom is -0.480 e. The van der Waals surface area contributed by atoms with Crippen LogP contribution in [0.3, 0.4) is 0 Å². The normalized spacial score (nSPS) is 20.3. The Labute approximate surface area is 179 Å². The largest absolute Gasteiger partial charge is 0.480 e. The van der Waals surface area contributed by atoms with E-state index in [9.17, 15) is 24.3 Å². The Hall–Kier alpha value is -2.16. The lowest BCUT2D eigenvalue weighted by atomic mass is 9.95. The van der Waals surface area contributed by atoms with E-state index >= 15 is 0 Å². The van der Waals surface area contributed by atoms with E-state index in [-0.39, 0.29) is 29.7 Å². The number of rotatable bonds is 11. The van der Waals surface area contributed by atoms with Gasteiger partial charge in [-0.3, -0.25) is 14.4 Å². The van der Waals surface area contributed by atoms with Crippen LogP contribution in [0, 0.1) is 17.8 Å². The van der Waals surface area contributed by atoms with Crippen LogP contribution in [0.25, 0.3) is 0 Å². The number of carboxylic acid groups (broad SMARTS) is 1. The summed E-state index contributed by atoms with van der Waals surface area (Å²) in [6.07, 6.45) is 2.25. The van der Waals surface area contributed by atoms with E-state index in [1.54, 1.807) is 13.8 Å². The molecule has 1 aliphatic heterocycles. The molecular weight excluding hydrogens is 388 g/mol. The molecule has 0 bridgehead atoms. The van der Waals surface area contributed by atoms with Gasteiger partial charge < -0.3 is 26.4 Å². The highest BCUT2D eigenvalue weighted by Crippen LogP contribution is 2.13. The lowest BCUT2D eigenvalue weighted by Crippen LogP contribution is -2.60. The van der Waals surface area contributed by atoms with Crippen molar-refractivity contribution in [3.8, 4) is 0 Å². The summed E-state index contributed by atoms with van der Waals surface area (Å²) in [6, 6.07) is -3.05. The molecule has 0 aromatic rings. The van der Waals surface area contributed by atoms with Crippen molar-refractivity contribution in [2.45, 2.75) is 85.0 Å². The zero-order valence-corrected chi connectivity index (χ0v) is 19.0. The summed E-state index contributed by atoms with van der Waals surface area (Å²) in [5, 5.41) is 20.6. The Balaban J connectivity index is 2.92. The minimum absolute atomic E-state index is 0.182. The van der Waals surface area contributed by atoms with Crippen LogP contribution in [0.4, 0.5) is 0 Å². The molecular formula is C21H38N4O5. The van der Waals surface area contributed by atoms with Crippen LogP contribution in [-0.4, -0.2) is 59.5 Å². The first-order valence-electron chi connectivity index (χ1n) is 10.9. The fourth-order valence-corrected chi connectivity index (χ4v) is 3.40. The van der Waals surface area contributed by atoms with Crippen molar-refractivity contribution >= 4 is 23.7 Å². The van der Waals surface area contributed by atoms with Crippen LogP contribution in [0.2, 0.25) is 0 Å². The number of carbonyl (C=O) groups excluding carboxylic acids is 3. The Morgan fingerprint density at radius 3 is 1.87 bits per heavy atom. The Kier molecular flexibility index (Phi) is 10.2. The summed E-state index contributed by atoms with van der Waals surface area (Å²) in [5.41, 5.74) is 0. The highest BCUT2D eigenvalue weighted by Gasteiger charge is 2.34. The molecule has 3 amide bonds. The summed E-state index contributed by atoms with van der Waals surface area (Å²) < 4.78 is 0. The SMILES string of the molecule is CCC(C)C(NC(=O)C(NC(=O)C1CCCN1)C(C)C)C(=O)NC(C(=O)O)C(C)C. The topological polar surface area (TPSA) is 137 Å². The Bertz CT molecular complexity index is 617. The van der Waals surface area contributed by atoms with E-state index in [0.717, 1.165) is 19.4 Å². The van der Waals surface area contributed by atoms with Gasteiger partial charge in [0.05, 0.1) is 6.04 Å². The van der Waals surface area contributed by atoms with Crippen molar-refractivity contribution in [2.24, 2.45) is 17.8 Å². The zero-order valence-electron chi connectivity index (χ0n) is 19.0. The number of amides is 3. The molecule has 5 N–H and O–H groups in total. The van der Waals surface area contributed by atoms with Crippen LogP contribution in [0.15, 0.2) is 0 Å². The first-order valence-corrected chi connectivity index (χ1v) is 10.9. The van der Waals surface area contributed by atoms with E-state index in [1.807, 2.05) is 27.7 Å². The van der Waals surface area contributed by atoms with Gasteiger partial charge in [-0.2, -0.15) is 0 Å². The van der Waals surface area contributed by atoms with Crippen LogP contribution in [-0.2, 0) is 19.2 Å². The third-order valence-electron chi connectivity index (χ3n) is 5.65. The number of carbonyl (C=O) groups is 4. The van der Waals surface area contributed by atoms with Gasteiger partial charge in [0.15, 0.2) is 0 Å². The maximum atomic E-state index is 13.0. The van der Waals surface area contributed by atoms with Gasteiger partial charge in [-0.25, -0.2) is 4.79 Å². The molecule has 1 saturated heterocycles. The van der Waals surface area contributed by atoms with Gasteiger partial charge in [0.1, 0.15) is 18.1 Å². The van der Waals surface area contributed by atoms with E-state index < -0.39 is 35.9 Å². The van der Waals surface area contributed by atoms with E-state index in [0.29, 0.717) is 6.42 Å². The Morgan fingerprint density at radius 2 is 1.43 bits per heavy atom. The second kappa shape index (κ2) is 11.9. The fourth-order valence-electron chi connectivity index (χ4n) is 3.40. The summed E-state index contributed by atoms with van der Waals surface area (Å²) in [5.74, 6) is -3.03. The molecule has 1 aliphatic rings. The van der Waals surface area contributed by atoms with Gasteiger partial charge in [0.2, 0.25) is 17.7 Å². The number of carboxylic acids is 1. The maximum Gasteiger partial charge on any atom is 0.326 e. The molecule has 172 valence electrons. The lowest BCUT2D eigenvalue weighted by Gasteiger charge is -2.30. The average Bonchev–Trinajstić information content (AvgIpc) is 3.21. The number of aliphatic carboxylic acids is 1. The van der Waals surface area contributed by atoms with E-state index in [1.165, 1.54) is 0 Å². The van der Waals surface area contributed by atoms with Gasteiger partial charge in [0.25, 0.3) is 0 Å². The number of hydrogen-bond donors (Lipinski definition) is 5. The predicted molar refractivity (Wildman–Crippen MR) is 114 cm³/mol. The first kappa shape index (κ1) is 25.9. The number of nitrogens with one attached hydrogen (secondary N) is 4. The standard InChI is InChI=1S/C21H38N4O5/c1-7-13(6)17(20(28)24-16(12(4)5)21(29)30)25-19(27)15(11(2)3)23-18(26)14-9-8-10-22-14/h11-17,22H,7-10H2,1-6H3,(H,23,26)(H,24,28)(H,25,27)(H,29,30). The van der Waals surface area contributed by atoms with Crippen molar-refractivity contribution in [1.29, 1.82) is 0 Å². The Morgan fingerprint density at radius 1 is 0.900 bits per heavy atom. The molecule has 30 heavy (non-hydrogen) atoms. The van der Waals surface area contributed by atoms with Gasteiger partial charge in [0, 0.05) is 0 Å².